The summed E-state index contributed by atoms with van der Waals surface area (Å²) in [4.78, 5) is 24.2. The van der Waals surface area contributed by atoms with Crippen LogP contribution in [0, 0.1) is 6.92 Å². The van der Waals surface area contributed by atoms with Gasteiger partial charge in [-0.2, -0.15) is 0 Å². The van der Waals surface area contributed by atoms with Gasteiger partial charge in [-0.1, -0.05) is 60.7 Å². The Bertz CT molecular complexity index is 873. The van der Waals surface area contributed by atoms with E-state index < -0.39 is 12.0 Å². The number of benzene rings is 1. The van der Waals surface area contributed by atoms with Gasteiger partial charge in [-0.3, -0.25) is 4.79 Å². The lowest BCUT2D eigenvalue weighted by Crippen LogP contribution is -2.42. The molecule has 0 radical (unpaired) electrons. The second-order valence-corrected chi connectivity index (χ2v) is 6.03. The second kappa shape index (κ2) is 7.18. The van der Waals surface area contributed by atoms with Crippen LogP contribution in [-0.4, -0.2) is 23.0 Å². The van der Waals surface area contributed by atoms with Crippen molar-refractivity contribution in [1.82, 2.24) is 5.32 Å². The molecule has 3 rings (SSSR count). The zero-order valence-corrected chi connectivity index (χ0v) is 13.9. The van der Waals surface area contributed by atoms with Crippen LogP contribution in [0.15, 0.2) is 66.7 Å². The van der Waals surface area contributed by atoms with Gasteiger partial charge < -0.3 is 10.4 Å². The minimum Gasteiger partial charge on any atom is -0.480 e. The average molecular weight is 333 g/mol. The molecule has 1 amide bonds. The van der Waals surface area contributed by atoms with Crippen molar-refractivity contribution in [2.45, 2.75) is 19.4 Å². The fourth-order valence-electron chi connectivity index (χ4n) is 2.94. The van der Waals surface area contributed by atoms with Crippen molar-refractivity contribution in [2.24, 2.45) is 0 Å². The first-order valence-electron chi connectivity index (χ1n) is 8.12. The molecular weight excluding hydrogens is 314 g/mol. The van der Waals surface area contributed by atoms with Crippen LogP contribution in [0.2, 0.25) is 0 Å². The Morgan fingerprint density at radius 3 is 2.32 bits per heavy atom. The number of carboxylic acids is 1. The van der Waals surface area contributed by atoms with Gasteiger partial charge in [0.05, 0.1) is 0 Å². The number of nitrogens with one attached hydrogen (secondary N) is 1. The zero-order valence-electron chi connectivity index (χ0n) is 13.9. The highest BCUT2D eigenvalue weighted by atomic mass is 16.4. The smallest absolute Gasteiger partial charge is 0.326 e. The van der Waals surface area contributed by atoms with E-state index in [1.807, 2.05) is 67.6 Å². The molecule has 0 bridgehead atoms. The number of aryl methyl sites for hydroxylation is 1. The molecule has 2 aliphatic rings. The van der Waals surface area contributed by atoms with Crippen molar-refractivity contribution in [1.29, 1.82) is 0 Å². The summed E-state index contributed by atoms with van der Waals surface area (Å²) in [5.41, 5.74) is 4.24. The van der Waals surface area contributed by atoms with Crippen LogP contribution in [0.4, 0.5) is 0 Å². The van der Waals surface area contributed by atoms with Gasteiger partial charge in [-0.05, 0) is 35.2 Å². The van der Waals surface area contributed by atoms with Gasteiger partial charge in [0.25, 0.3) is 5.91 Å². The summed E-state index contributed by atoms with van der Waals surface area (Å²) in [6.45, 7) is 1.99. The van der Waals surface area contributed by atoms with Gasteiger partial charge >= 0.3 is 5.97 Å². The molecule has 25 heavy (non-hydrogen) atoms. The molecule has 0 heterocycles. The minimum absolute atomic E-state index is 0.243. The normalized spacial score (nSPS) is 11.9. The van der Waals surface area contributed by atoms with E-state index in [0.29, 0.717) is 5.56 Å². The van der Waals surface area contributed by atoms with Crippen molar-refractivity contribution in [3.63, 3.8) is 0 Å². The molecule has 4 nitrogen and oxygen atoms in total. The van der Waals surface area contributed by atoms with Crippen molar-refractivity contribution < 1.29 is 14.7 Å². The molecule has 0 aliphatic heterocycles. The number of aliphatic carboxylic acids is 1. The van der Waals surface area contributed by atoms with Crippen LogP contribution in [-0.2, 0) is 11.2 Å². The quantitative estimate of drug-likeness (QED) is 0.751. The van der Waals surface area contributed by atoms with E-state index in [0.717, 1.165) is 22.3 Å². The maximum Gasteiger partial charge on any atom is 0.326 e. The Kier molecular flexibility index (Phi) is 4.80. The van der Waals surface area contributed by atoms with E-state index in [9.17, 15) is 14.7 Å². The van der Waals surface area contributed by atoms with Gasteiger partial charge in [0, 0.05) is 12.0 Å². The number of hydrogen-bond donors (Lipinski definition) is 2. The maximum absolute atomic E-state index is 12.7. The molecule has 0 unspecified atom stereocenters. The third-order valence-corrected chi connectivity index (χ3v) is 4.27. The van der Waals surface area contributed by atoms with E-state index in [1.54, 1.807) is 6.07 Å². The molecule has 1 atom stereocenters. The Labute approximate surface area is 146 Å². The summed E-state index contributed by atoms with van der Waals surface area (Å²) in [6.07, 6.45) is 0.243. The van der Waals surface area contributed by atoms with Gasteiger partial charge in [-0.15, -0.1) is 0 Å². The summed E-state index contributed by atoms with van der Waals surface area (Å²) in [5.74, 6) is -1.42. The van der Waals surface area contributed by atoms with E-state index in [1.165, 1.54) is 0 Å². The zero-order chi connectivity index (χ0) is 17.8. The Morgan fingerprint density at radius 2 is 1.60 bits per heavy atom. The Hall–Kier alpha value is -3.14. The first-order valence-corrected chi connectivity index (χ1v) is 8.12. The third kappa shape index (κ3) is 3.69. The number of carbonyl (C=O) groups is 2. The fraction of sp³-hybridized carbons (Fsp3) is 0.143. The van der Waals surface area contributed by atoms with Crippen LogP contribution in [0.3, 0.4) is 0 Å². The first kappa shape index (κ1) is 16.7. The summed E-state index contributed by atoms with van der Waals surface area (Å²) in [5, 5.41) is 12.1. The number of rotatable bonds is 5. The molecule has 1 aromatic rings. The van der Waals surface area contributed by atoms with E-state index in [2.05, 4.69) is 5.32 Å². The fourth-order valence-corrected chi connectivity index (χ4v) is 2.94. The molecule has 1 aromatic carbocycles. The predicted octanol–water partition coefficient (Wildman–Crippen LogP) is 3.53. The van der Waals surface area contributed by atoms with E-state index in [4.69, 9.17) is 0 Å². The van der Waals surface area contributed by atoms with Gasteiger partial charge in [0.1, 0.15) is 6.04 Å². The lowest BCUT2D eigenvalue weighted by atomic mass is 10.0. The Morgan fingerprint density at radius 1 is 0.920 bits per heavy atom. The second-order valence-electron chi connectivity index (χ2n) is 6.03. The van der Waals surface area contributed by atoms with Crippen LogP contribution >= 0.6 is 0 Å². The number of carbonyl (C=O) groups excluding carboxylic acids is 1. The highest BCUT2D eigenvalue weighted by Crippen LogP contribution is 2.29. The molecule has 4 heteroatoms. The number of fused-ring (bicyclic) bond motifs is 1. The number of carboxylic acid groups (broad SMARTS) is 1. The van der Waals surface area contributed by atoms with Crippen molar-refractivity contribution in [3.05, 3.63) is 83.4 Å². The summed E-state index contributed by atoms with van der Waals surface area (Å²) in [6, 6.07) is 19.6. The highest BCUT2D eigenvalue weighted by Gasteiger charge is 2.23. The molecule has 0 aromatic heterocycles. The summed E-state index contributed by atoms with van der Waals surface area (Å²) < 4.78 is 0. The summed E-state index contributed by atoms with van der Waals surface area (Å²) >= 11 is 0. The van der Waals surface area contributed by atoms with Crippen molar-refractivity contribution in [2.75, 3.05) is 0 Å². The van der Waals surface area contributed by atoms with Gasteiger partial charge in [0.2, 0.25) is 0 Å². The molecule has 0 spiro atoms. The minimum atomic E-state index is -1.05. The topological polar surface area (TPSA) is 66.4 Å². The van der Waals surface area contributed by atoms with Crippen molar-refractivity contribution >= 4 is 11.9 Å². The first-order chi connectivity index (χ1) is 12.1. The largest absolute Gasteiger partial charge is 0.480 e. The maximum atomic E-state index is 12.7. The monoisotopic (exact) mass is 333 g/mol. The molecule has 0 saturated heterocycles. The number of amides is 1. The molecule has 126 valence electrons. The van der Waals surface area contributed by atoms with Crippen LogP contribution in [0.5, 0.6) is 0 Å². The third-order valence-electron chi connectivity index (χ3n) is 4.27. The number of hydrogen-bond acceptors (Lipinski definition) is 2. The molecule has 2 N–H and O–H groups in total. The van der Waals surface area contributed by atoms with E-state index in [-0.39, 0.29) is 12.3 Å². The average Bonchev–Trinajstić information content (AvgIpc) is 2.94. The van der Waals surface area contributed by atoms with Crippen LogP contribution in [0.25, 0.3) is 11.1 Å². The lowest BCUT2D eigenvalue weighted by Gasteiger charge is -2.15. The van der Waals surface area contributed by atoms with Gasteiger partial charge in [-0.25, -0.2) is 4.79 Å². The molecular formula is C21H19NO3. The van der Waals surface area contributed by atoms with E-state index >= 15 is 0 Å². The van der Waals surface area contributed by atoms with Crippen LogP contribution < -0.4 is 5.32 Å². The predicted molar refractivity (Wildman–Crippen MR) is 96.8 cm³/mol. The highest BCUT2D eigenvalue weighted by molar-refractivity contribution is 6.04. The SMILES string of the molecule is Cc1ccccc2c(C(=O)N[C@@H](Cc3ccccc3)C(=O)O)ccc1-2. The van der Waals surface area contributed by atoms with Crippen molar-refractivity contribution in [3.8, 4) is 11.1 Å². The lowest BCUT2D eigenvalue weighted by molar-refractivity contribution is -0.139. The standard InChI is InChI=1S/C21H19NO3/c1-14-7-5-6-10-17-16(14)11-12-18(17)20(23)22-19(21(24)25)13-15-8-3-2-4-9-15/h2-12,19H,13H2,1H3,(H,22,23)(H,24,25)/t19-/m0/s1. The van der Waals surface area contributed by atoms with Crippen LogP contribution in [0.1, 0.15) is 21.5 Å². The summed E-state index contributed by atoms with van der Waals surface area (Å²) in [7, 11) is 0. The molecule has 0 fully saturated rings. The molecule has 0 saturated carbocycles. The van der Waals surface area contributed by atoms with Gasteiger partial charge in [0.15, 0.2) is 0 Å². The Balaban J connectivity index is 1.83. The molecule has 2 aliphatic carbocycles.